The maximum Gasteiger partial charge on any atom is 0.343 e. The first kappa shape index (κ1) is 20.3. The summed E-state index contributed by atoms with van der Waals surface area (Å²) in [6, 6.07) is -2.84. The molecule has 0 saturated carbocycles. The summed E-state index contributed by atoms with van der Waals surface area (Å²) in [6.45, 7) is 4.98. The third kappa shape index (κ3) is 4.65. The van der Waals surface area contributed by atoms with Crippen LogP contribution in [0.2, 0.25) is 0 Å². The van der Waals surface area contributed by atoms with Gasteiger partial charge in [0.15, 0.2) is 0 Å². The fourth-order valence-electron chi connectivity index (χ4n) is 2.63. The highest BCUT2D eigenvalue weighted by Crippen LogP contribution is 2.30. The molecule has 10 nitrogen and oxygen atoms in total. The van der Waals surface area contributed by atoms with E-state index in [-0.39, 0.29) is 0 Å². The lowest BCUT2D eigenvalue weighted by molar-refractivity contribution is -0.151. The smallest absolute Gasteiger partial charge is 0.343 e. The number of aliphatic carboxylic acids is 1. The number of carbonyl (C=O) groups excluding carboxylic acids is 2. The maximum absolute atomic E-state index is 12.5. The van der Waals surface area contributed by atoms with Crippen molar-refractivity contribution in [3.63, 3.8) is 0 Å². The monoisotopic (exact) mass is 362 g/mol. The molecule has 0 aromatic carbocycles. The Hall–Kier alpha value is -1.72. The Morgan fingerprint density at radius 3 is 2.58 bits per heavy atom. The van der Waals surface area contributed by atoms with Gasteiger partial charge in [-0.1, -0.05) is 0 Å². The van der Waals surface area contributed by atoms with Crippen LogP contribution in [0.5, 0.6) is 0 Å². The summed E-state index contributed by atoms with van der Waals surface area (Å²) in [7, 11) is 0. The predicted octanol–water partition coefficient (Wildman–Crippen LogP) is 0.0188. The van der Waals surface area contributed by atoms with Crippen molar-refractivity contribution in [2.45, 2.75) is 56.5 Å². The molecule has 1 fully saturated rings. The van der Waals surface area contributed by atoms with Gasteiger partial charge < -0.3 is 14.8 Å². The second kappa shape index (κ2) is 8.40. The van der Waals surface area contributed by atoms with Gasteiger partial charge in [0, 0.05) is 23.1 Å². The molecule has 0 bridgehead atoms. The van der Waals surface area contributed by atoms with Crippen LogP contribution in [-0.2, 0) is 19.2 Å². The number of likely N-dealkylation sites (tertiary alicyclic amines) is 1. The van der Waals surface area contributed by atoms with E-state index in [2.05, 4.69) is 14.7 Å². The van der Waals surface area contributed by atoms with Crippen molar-refractivity contribution >= 4 is 29.8 Å². The molecule has 0 spiro atoms. The van der Waals surface area contributed by atoms with Crippen LogP contribution in [0.1, 0.15) is 33.6 Å². The van der Waals surface area contributed by atoms with Crippen LogP contribution in [0.4, 0.5) is 0 Å². The van der Waals surface area contributed by atoms with Crippen molar-refractivity contribution in [3.05, 3.63) is 4.91 Å². The lowest BCUT2D eigenvalue weighted by Gasteiger charge is -2.33. The van der Waals surface area contributed by atoms with Crippen molar-refractivity contribution < 1.29 is 24.3 Å². The summed E-state index contributed by atoms with van der Waals surface area (Å²) in [5, 5.41) is 11.9. The molecule has 0 aromatic rings. The van der Waals surface area contributed by atoms with Crippen LogP contribution in [0.15, 0.2) is 4.58 Å². The molecule has 3 unspecified atom stereocenters. The normalized spacial score (nSPS) is 20.3. The van der Waals surface area contributed by atoms with Crippen LogP contribution < -0.4 is 11.2 Å². The molecule has 11 heteroatoms. The molecule has 1 rings (SSSR count). The van der Waals surface area contributed by atoms with Crippen LogP contribution in [-0.4, -0.2) is 57.3 Å². The van der Waals surface area contributed by atoms with Gasteiger partial charge in [-0.2, -0.15) is 5.90 Å². The first-order valence-electron chi connectivity index (χ1n) is 7.36. The third-order valence-electron chi connectivity index (χ3n) is 3.93. The standard InChI is InChI=1S/C13H22N4O6S/c1-7(10(18)17-6-4-5-8(17)11(19)20)15-9(12(21)23-14)13(2,3)24-16-22/h7-9,15H,4-6,14H2,1-3H3,(H,19,20). The number of amides is 1. The first-order valence-corrected chi connectivity index (χ1v) is 8.13. The molecule has 0 radical (unpaired) electrons. The van der Waals surface area contributed by atoms with E-state index in [0.717, 1.165) is 0 Å². The number of nitrogens with zero attached hydrogens (tertiary/aromatic N) is 2. The van der Waals surface area contributed by atoms with E-state index in [9.17, 15) is 19.3 Å². The third-order valence-corrected chi connectivity index (χ3v) is 4.71. The van der Waals surface area contributed by atoms with E-state index in [1.807, 2.05) is 0 Å². The van der Waals surface area contributed by atoms with Crippen LogP contribution in [0.25, 0.3) is 0 Å². The van der Waals surface area contributed by atoms with Crippen LogP contribution in [0.3, 0.4) is 0 Å². The fourth-order valence-corrected chi connectivity index (χ4v) is 3.09. The van der Waals surface area contributed by atoms with E-state index in [0.29, 0.717) is 31.3 Å². The van der Waals surface area contributed by atoms with Gasteiger partial charge in [-0.25, -0.2) is 9.59 Å². The zero-order valence-corrected chi connectivity index (χ0v) is 14.5. The molecular formula is C13H22N4O6S. The maximum atomic E-state index is 12.5. The minimum Gasteiger partial charge on any atom is -0.480 e. The molecule has 1 aliphatic heterocycles. The predicted molar refractivity (Wildman–Crippen MR) is 86.5 cm³/mol. The van der Waals surface area contributed by atoms with E-state index >= 15 is 0 Å². The Balaban J connectivity index is 2.89. The summed E-state index contributed by atoms with van der Waals surface area (Å²) in [4.78, 5) is 51.7. The van der Waals surface area contributed by atoms with E-state index in [1.54, 1.807) is 13.8 Å². The summed E-state index contributed by atoms with van der Waals surface area (Å²) in [5.41, 5.74) is 0. The number of hydrogen-bond donors (Lipinski definition) is 3. The number of nitroso groups, excluding NO2 is 1. The fraction of sp³-hybridized carbons (Fsp3) is 0.769. The second-order valence-electron chi connectivity index (χ2n) is 6.06. The topological polar surface area (TPSA) is 151 Å². The molecule has 24 heavy (non-hydrogen) atoms. The van der Waals surface area contributed by atoms with Gasteiger partial charge in [0.05, 0.1) is 10.8 Å². The summed E-state index contributed by atoms with van der Waals surface area (Å²) >= 11 is 0.608. The lowest BCUT2D eigenvalue weighted by Crippen LogP contribution is -2.58. The number of carbonyl (C=O) groups is 3. The molecule has 4 N–H and O–H groups in total. The largest absolute Gasteiger partial charge is 0.480 e. The average molecular weight is 362 g/mol. The molecule has 1 saturated heterocycles. The first-order chi connectivity index (χ1) is 11.2. The lowest BCUT2D eigenvalue weighted by atomic mass is 10.0. The SMILES string of the molecule is CC(NC(C(=O)ON)C(C)(C)SN=O)C(=O)N1CCCC1C(=O)O. The molecule has 1 amide bonds. The van der Waals surface area contributed by atoms with Crippen LogP contribution in [0, 0.1) is 4.91 Å². The van der Waals surface area contributed by atoms with Gasteiger partial charge in [0.1, 0.15) is 12.1 Å². The molecule has 0 aliphatic carbocycles. The molecule has 1 heterocycles. The number of nitrogens with one attached hydrogen (secondary N) is 1. The van der Waals surface area contributed by atoms with Gasteiger partial charge >= 0.3 is 11.9 Å². The Morgan fingerprint density at radius 2 is 2.08 bits per heavy atom. The number of rotatable bonds is 8. The van der Waals surface area contributed by atoms with Crippen molar-refractivity contribution in [1.82, 2.24) is 10.2 Å². The highest BCUT2D eigenvalue weighted by atomic mass is 32.2. The summed E-state index contributed by atoms with van der Waals surface area (Å²) in [6.07, 6.45) is 0.985. The summed E-state index contributed by atoms with van der Waals surface area (Å²) < 4.78 is 1.69. The molecular weight excluding hydrogens is 340 g/mol. The quantitative estimate of drug-likeness (QED) is 0.308. The Kier molecular flexibility index (Phi) is 7.11. The van der Waals surface area contributed by atoms with Gasteiger partial charge in [0.2, 0.25) is 5.91 Å². The van der Waals surface area contributed by atoms with Crippen molar-refractivity contribution in [2.24, 2.45) is 10.5 Å². The summed E-state index contributed by atoms with van der Waals surface area (Å²) in [5.74, 6) is 2.55. The number of nitrogens with two attached hydrogens (primary N) is 1. The highest BCUT2D eigenvalue weighted by Gasteiger charge is 2.42. The minimum absolute atomic E-state index is 0.335. The number of carboxylic acid groups (broad SMARTS) is 1. The van der Waals surface area contributed by atoms with Crippen molar-refractivity contribution in [3.8, 4) is 0 Å². The van der Waals surface area contributed by atoms with Gasteiger partial charge in [0.25, 0.3) is 0 Å². The molecule has 1 aliphatic rings. The van der Waals surface area contributed by atoms with E-state index in [4.69, 9.17) is 11.0 Å². The molecule has 136 valence electrons. The Labute approximate surface area is 143 Å². The van der Waals surface area contributed by atoms with Gasteiger partial charge in [-0.05, 0) is 33.6 Å². The number of carboxylic acids is 1. The van der Waals surface area contributed by atoms with E-state index < -0.39 is 40.7 Å². The average Bonchev–Trinajstić information content (AvgIpc) is 3.00. The second-order valence-corrected chi connectivity index (χ2v) is 7.44. The van der Waals surface area contributed by atoms with Crippen molar-refractivity contribution in [1.29, 1.82) is 0 Å². The van der Waals surface area contributed by atoms with Gasteiger partial charge in [-0.3, -0.25) is 10.1 Å². The number of hydrogen-bond acceptors (Lipinski definition) is 9. The molecule has 0 aromatic heterocycles. The van der Waals surface area contributed by atoms with E-state index in [1.165, 1.54) is 11.8 Å². The van der Waals surface area contributed by atoms with Crippen LogP contribution >= 0.6 is 11.9 Å². The van der Waals surface area contributed by atoms with Gasteiger partial charge in [-0.15, -0.1) is 4.91 Å². The Morgan fingerprint density at radius 1 is 1.46 bits per heavy atom. The Bertz CT molecular complexity index is 515. The van der Waals surface area contributed by atoms with Crippen molar-refractivity contribution in [2.75, 3.05) is 6.54 Å². The minimum atomic E-state index is -1.09. The zero-order valence-electron chi connectivity index (χ0n) is 13.7. The molecule has 3 atom stereocenters. The highest BCUT2D eigenvalue weighted by molar-refractivity contribution is 7.99. The zero-order chi connectivity index (χ0) is 18.5.